The van der Waals surface area contributed by atoms with Gasteiger partial charge in [0.25, 0.3) is 0 Å². The van der Waals surface area contributed by atoms with Gasteiger partial charge in [-0.1, -0.05) is 34.6 Å². The molecule has 1 aromatic rings. The van der Waals surface area contributed by atoms with Gasteiger partial charge < -0.3 is 10.4 Å². The lowest BCUT2D eigenvalue weighted by molar-refractivity contribution is 0.0470. The molecule has 164 valence electrons. The largest absolute Gasteiger partial charge is 0.387 e. The molecule has 1 heterocycles. The monoisotopic (exact) mass is 514 g/mol. The number of amides is 2. The lowest BCUT2D eigenvalue weighted by Gasteiger charge is -2.34. The highest BCUT2D eigenvalue weighted by molar-refractivity contribution is 9.10. The summed E-state index contributed by atoms with van der Waals surface area (Å²) in [6.07, 6.45) is 5.62. The van der Waals surface area contributed by atoms with E-state index in [1.807, 2.05) is 0 Å². The van der Waals surface area contributed by atoms with Crippen LogP contribution in [0, 0.1) is 10.7 Å². The summed E-state index contributed by atoms with van der Waals surface area (Å²) < 4.78 is 20.9. The summed E-state index contributed by atoms with van der Waals surface area (Å²) in [4.78, 5) is 14.6. The van der Waals surface area contributed by atoms with Gasteiger partial charge in [0.2, 0.25) is 0 Å². The fraction of sp³-hybridized carbons (Fsp3) is 0.550. The van der Waals surface area contributed by atoms with E-state index in [1.165, 1.54) is 29.5 Å². The van der Waals surface area contributed by atoms with E-state index < -0.39 is 26.9 Å². The van der Waals surface area contributed by atoms with E-state index in [0.29, 0.717) is 11.8 Å². The van der Waals surface area contributed by atoms with Crippen molar-refractivity contribution in [3.63, 3.8) is 0 Å². The van der Waals surface area contributed by atoms with Crippen molar-refractivity contribution in [3.05, 3.63) is 37.7 Å². The fourth-order valence-corrected chi connectivity index (χ4v) is 6.84. The van der Waals surface area contributed by atoms with Crippen LogP contribution in [0.2, 0.25) is 0 Å². The summed E-state index contributed by atoms with van der Waals surface area (Å²) in [7, 11) is -3.48. The Morgan fingerprint density at radius 2 is 2.07 bits per heavy atom. The molecule has 0 saturated heterocycles. The number of carbonyl (C=O) groups is 1. The molecule has 0 aromatic heterocycles. The Morgan fingerprint density at radius 1 is 1.43 bits per heavy atom. The van der Waals surface area contributed by atoms with Crippen molar-refractivity contribution >= 4 is 49.3 Å². The van der Waals surface area contributed by atoms with Crippen molar-refractivity contribution in [2.75, 3.05) is 5.32 Å². The van der Waals surface area contributed by atoms with Crippen LogP contribution < -0.4 is 10.5 Å². The summed E-state index contributed by atoms with van der Waals surface area (Å²) in [5, 5.41) is 18.4. The molecule has 5 N–H and O–H groups in total. The molecule has 10 heteroatoms. The molecule has 4 rings (SSSR count). The van der Waals surface area contributed by atoms with Gasteiger partial charge in [-0.15, -0.1) is 0 Å². The van der Waals surface area contributed by atoms with Crippen LogP contribution in [0.15, 0.2) is 21.0 Å². The van der Waals surface area contributed by atoms with Gasteiger partial charge in [0.15, 0.2) is 0 Å². The Hall–Kier alpha value is -1.07. The average molecular weight is 515 g/mol. The Balaban J connectivity index is 1.69. The number of aliphatic hydroxyl groups is 1. The highest BCUT2D eigenvalue weighted by Gasteiger charge is 2.42. The molecule has 2 amide bonds. The third kappa shape index (κ3) is 4.04. The normalized spacial score (nSPS) is 23.9. The number of thioether (sulfide) groups is 1. The molecule has 0 bridgehead atoms. The first kappa shape index (κ1) is 22.1. The van der Waals surface area contributed by atoms with Gasteiger partial charge in [-0.2, -0.15) is 0 Å². The second kappa shape index (κ2) is 7.51. The molecule has 1 saturated carbocycles. The Kier molecular flexibility index (Phi) is 5.54. The maximum atomic E-state index is 13.3. The van der Waals surface area contributed by atoms with Crippen LogP contribution in [0.4, 0.5) is 10.5 Å². The number of hydrogen-bond acceptors (Lipinski definition) is 5. The third-order valence-corrected chi connectivity index (χ3v) is 9.87. The van der Waals surface area contributed by atoms with Gasteiger partial charge in [0.05, 0.1) is 5.60 Å². The van der Waals surface area contributed by atoms with E-state index in [0.717, 1.165) is 45.9 Å². The number of rotatable bonds is 5. The zero-order valence-corrected chi connectivity index (χ0v) is 20.4. The van der Waals surface area contributed by atoms with E-state index in [-0.39, 0.29) is 4.24 Å². The van der Waals surface area contributed by atoms with Gasteiger partial charge in [0.1, 0.15) is 19.5 Å². The Morgan fingerprint density at radius 3 is 2.57 bits per heavy atom. The summed E-state index contributed by atoms with van der Waals surface area (Å²) >= 11 is 4.68. The van der Waals surface area contributed by atoms with E-state index in [9.17, 15) is 14.1 Å². The number of anilines is 1. The molecule has 2 unspecified atom stereocenters. The molecule has 1 aliphatic heterocycles. The summed E-state index contributed by atoms with van der Waals surface area (Å²) in [5.41, 5.74) is 3.07. The molecule has 0 radical (unpaired) electrons. The lowest BCUT2D eigenvalue weighted by Crippen LogP contribution is -2.47. The maximum absolute atomic E-state index is 13.3. The molecular formula is C20H27BrN4O3S2. The first-order chi connectivity index (χ1) is 13.9. The quantitative estimate of drug-likeness (QED) is 0.463. The van der Waals surface area contributed by atoms with Crippen LogP contribution >= 0.6 is 27.7 Å². The molecular weight excluding hydrogens is 488 g/mol. The second-order valence-electron chi connectivity index (χ2n) is 8.92. The fourth-order valence-electron chi connectivity index (χ4n) is 4.09. The minimum atomic E-state index is -3.48. The highest BCUT2D eigenvalue weighted by Crippen LogP contribution is 2.49. The average Bonchev–Trinajstić information content (AvgIpc) is 3.31. The number of nitrogens with zero attached hydrogens (tertiary/aromatic N) is 1. The van der Waals surface area contributed by atoms with Crippen molar-refractivity contribution in [1.82, 2.24) is 4.90 Å². The van der Waals surface area contributed by atoms with Crippen molar-refractivity contribution in [2.45, 2.75) is 63.3 Å². The van der Waals surface area contributed by atoms with Crippen LogP contribution in [0.25, 0.3) is 0 Å². The predicted octanol–water partition coefficient (Wildman–Crippen LogP) is 4.46. The molecule has 1 aromatic carbocycles. The van der Waals surface area contributed by atoms with Gasteiger partial charge in [-0.05, 0) is 74.1 Å². The van der Waals surface area contributed by atoms with Crippen LogP contribution in [0.5, 0.6) is 0 Å². The van der Waals surface area contributed by atoms with E-state index in [2.05, 4.69) is 34.2 Å². The van der Waals surface area contributed by atoms with E-state index in [1.54, 1.807) is 13.8 Å². The SMILES string of the molecule is C[C@@H](c1cc(Br)c2c(c1NC(=O)N1C=C(S(=N)(N)=O)SC1C(C)(C)O)CC2)C1CC1. The third-order valence-electron chi connectivity index (χ3n) is 6.06. The number of nitrogens with one attached hydrogen (secondary N) is 2. The van der Waals surface area contributed by atoms with Crippen LogP contribution in [0.1, 0.15) is 56.2 Å². The second-order valence-corrected chi connectivity index (χ2v) is 12.8. The van der Waals surface area contributed by atoms with Crippen molar-refractivity contribution < 1.29 is 14.1 Å². The van der Waals surface area contributed by atoms with Gasteiger partial charge in [0, 0.05) is 16.4 Å². The van der Waals surface area contributed by atoms with Crippen LogP contribution in [0.3, 0.4) is 0 Å². The Bertz CT molecular complexity index is 1050. The summed E-state index contributed by atoms with van der Waals surface area (Å²) in [5.74, 6) is 0.969. The van der Waals surface area contributed by atoms with E-state index >= 15 is 0 Å². The number of hydrogen-bond donors (Lipinski definition) is 4. The smallest absolute Gasteiger partial charge is 0.327 e. The molecule has 30 heavy (non-hydrogen) atoms. The maximum Gasteiger partial charge on any atom is 0.327 e. The lowest BCUT2D eigenvalue weighted by atomic mass is 9.81. The van der Waals surface area contributed by atoms with Gasteiger partial charge in [-0.25, -0.2) is 18.9 Å². The summed E-state index contributed by atoms with van der Waals surface area (Å²) in [6.45, 7) is 5.36. The van der Waals surface area contributed by atoms with Crippen molar-refractivity contribution in [2.24, 2.45) is 11.1 Å². The standard InChI is InChI=1S/C20H27BrN4O3S2/c1-10(11-4-5-11)14-8-15(21)12-6-7-13(12)17(14)24-19(26)25-9-16(30(22,23)28)29-18(25)20(2,3)27/h8-11,18,27H,4-7H2,1-3H3,(H,24,26)(H3,22,23,28)/t10-,18?/m1/s1. The molecule has 3 atom stereocenters. The topological polar surface area (TPSA) is 120 Å². The highest BCUT2D eigenvalue weighted by atomic mass is 79.9. The minimum absolute atomic E-state index is 0.0835. The number of halogens is 1. The minimum Gasteiger partial charge on any atom is -0.387 e. The zero-order valence-electron chi connectivity index (χ0n) is 17.2. The first-order valence-electron chi connectivity index (χ1n) is 9.98. The molecule has 7 nitrogen and oxygen atoms in total. The van der Waals surface area contributed by atoms with Crippen molar-refractivity contribution in [3.8, 4) is 0 Å². The number of fused-ring (bicyclic) bond motifs is 1. The number of nitrogens with two attached hydrogens (primary N) is 1. The number of urea groups is 1. The Labute approximate surface area is 190 Å². The molecule has 1 fully saturated rings. The summed E-state index contributed by atoms with van der Waals surface area (Å²) in [6, 6.07) is 1.70. The zero-order chi connectivity index (χ0) is 22.0. The molecule has 2 aliphatic carbocycles. The number of benzene rings is 1. The van der Waals surface area contributed by atoms with Crippen molar-refractivity contribution in [1.29, 1.82) is 4.78 Å². The van der Waals surface area contributed by atoms with Crippen LogP contribution in [-0.4, -0.2) is 31.2 Å². The molecule has 3 aliphatic rings. The van der Waals surface area contributed by atoms with E-state index in [4.69, 9.17) is 9.92 Å². The molecule has 0 spiro atoms. The number of carbonyl (C=O) groups excluding carboxylic acids is 1. The van der Waals surface area contributed by atoms with Crippen LogP contribution in [-0.2, 0) is 22.8 Å². The van der Waals surface area contributed by atoms with Gasteiger partial charge >= 0.3 is 6.03 Å². The first-order valence-corrected chi connectivity index (χ1v) is 13.3. The predicted molar refractivity (Wildman–Crippen MR) is 124 cm³/mol. The van der Waals surface area contributed by atoms with Gasteiger partial charge in [-0.3, -0.25) is 4.90 Å².